The maximum absolute atomic E-state index is 9.30. The first-order valence-corrected chi connectivity index (χ1v) is 6.62. The lowest BCUT2D eigenvalue weighted by atomic mass is 9.94. The third-order valence-electron chi connectivity index (χ3n) is 3.06. The Kier molecular flexibility index (Phi) is 4.30. The van der Waals surface area contributed by atoms with Gasteiger partial charge in [-0.3, -0.25) is 4.98 Å². The second-order valence-electron chi connectivity index (χ2n) is 5.12. The number of pyridine rings is 1. The molecule has 2 heteroatoms. The Morgan fingerprint density at radius 2 is 1.79 bits per heavy atom. The quantitative estimate of drug-likeness (QED) is 0.806. The highest BCUT2D eigenvalue weighted by Gasteiger charge is 2.14. The molecule has 1 atom stereocenters. The molecule has 0 fully saturated rings. The minimum atomic E-state index is -0.122. The highest BCUT2D eigenvalue weighted by atomic mass is 14.7. The SMILES string of the molecule is CC(C)CC(C#N)c1cccc(-c2ccccc2)n1. The van der Waals surface area contributed by atoms with E-state index < -0.39 is 0 Å². The van der Waals surface area contributed by atoms with Crippen LogP contribution in [0, 0.1) is 17.2 Å². The summed E-state index contributed by atoms with van der Waals surface area (Å²) in [5.41, 5.74) is 2.89. The van der Waals surface area contributed by atoms with Crippen LogP contribution in [0.4, 0.5) is 0 Å². The molecule has 0 aliphatic rings. The molecular weight excluding hydrogens is 232 g/mol. The zero-order valence-corrected chi connectivity index (χ0v) is 11.4. The van der Waals surface area contributed by atoms with Crippen molar-refractivity contribution in [3.8, 4) is 17.3 Å². The lowest BCUT2D eigenvalue weighted by Crippen LogP contribution is -2.03. The second-order valence-corrected chi connectivity index (χ2v) is 5.12. The van der Waals surface area contributed by atoms with E-state index in [0.29, 0.717) is 5.92 Å². The average molecular weight is 250 g/mol. The molecule has 0 aliphatic heterocycles. The van der Waals surface area contributed by atoms with Gasteiger partial charge in [-0.05, 0) is 24.5 Å². The van der Waals surface area contributed by atoms with Crippen LogP contribution in [0.25, 0.3) is 11.3 Å². The van der Waals surface area contributed by atoms with Gasteiger partial charge < -0.3 is 0 Å². The summed E-state index contributed by atoms with van der Waals surface area (Å²) in [7, 11) is 0. The third kappa shape index (κ3) is 3.42. The summed E-state index contributed by atoms with van der Waals surface area (Å²) in [6.45, 7) is 4.26. The summed E-state index contributed by atoms with van der Waals surface area (Å²) >= 11 is 0. The van der Waals surface area contributed by atoms with Crippen LogP contribution >= 0.6 is 0 Å². The summed E-state index contributed by atoms with van der Waals surface area (Å²) in [5, 5.41) is 9.30. The molecule has 96 valence electrons. The van der Waals surface area contributed by atoms with Gasteiger partial charge >= 0.3 is 0 Å². The Morgan fingerprint density at radius 1 is 1.05 bits per heavy atom. The fourth-order valence-electron chi connectivity index (χ4n) is 2.13. The molecule has 2 aromatic rings. The fraction of sp³-hybridized carbons (Fsp3) is 0.294. The van der Waals surface area contributed by atoms with E-state index in [-0.39, 0.29) is 5.92 Å². The monoisotopic (exact) mass is 250 g/mol. The molecule has 2 nitrogen and oxygen atoms in total. The zero-order valence-electron chi connectivity index (χ0n) is 11.4. The maximum atomic E-state index is 9.30. The lowest BCUT2D eigenvalue weighted by molar-refractivity contribution is 0.549. The molecule has 1 aromatic carbocycles. The summed E-state index contributed by atoms with van der Waals surface area (Å²) in [5.74, 6) is 0.371. The van der Waals surface area contributed by atoms with Gasteiger partial charge in [0.05, 0.1) is 23.4 Å². The number of benzene rings is 1. The first kappa shape index (κ1) is 13.3. The normalized spacial score (nSPS) is 12.1. The van der Waals surface area contributed by atoms with E-state index >= 15 is 0 Å². The van der Waals surface area contributed by atoms with Crippen molar-refractivity contribution in [2.45, 2.75) is 26.2 Å². The van der Waals surface area contributed by atoms with Gasteiger partial charge in [-0.1, -0.05) is 50.2 Å². The summed E-state index contributed by atoms with van der Waals surface area (Å²) in [6, 6.07) is 18.3. The van der Waals surface area contributed by atoms with Crippen LogP contribution in [-0.4, -0.2) is 4.98 Å². The van der Waals surface area contributed by atoms with Crippen LogP contribution in [0.1, 0.15) is 31.9 Å². The van der Waals surface area contributed by atoms with E-state index in [0.717, 1.165) is 23.4 Å². The molecule has 0 saturated carbocycles. The van der Waals surface area contributed by atoms with E-state index in [4.69, 9.17) is 0 Å². The van der Waals surface area contributed by atoms with Crippen molar-refractivity contribution in [3.63, 3.8) is 0 Å². The number of hydrogen-bond donors (Lipinski definition) is 0. The van der Waals surface area contributed by atoms with Crippen LogP contribution in [0.3, 0.4) is 0 Å². The predicted octanol–water partition coefficient (Wildman–Crippen LogP) is 4.40. The van der Waals surface area contributed by atoms with Gasteiger partial charge in [-0.2, -0.15) is 5.26 Å². The number of nitrogens with zero attached hydrogens (tertiary/aromatic N) is 2. The molecule has 1 heterocycles. The van der Waals surface area contributed by atoms with E-state index in [1.165, 1.54) is 0 Å². The molecule has 0 saturated heterocycles. The first-order valence-electron chi connectivity index (χ1n) is 6.62. The Labute approximate surface area is 114 Å². The van der Waals surface area contributed by atoms with Gasteiger partial charge in [0, 0.05) is 5.56 Å². The smallest absolute Gasteiger partial charge is 0.0887 e. The lowest BCUT2D eigenvalue weighted by Gasteiger charge is -2.12. The van der Waals surface area contributed by atoms with Gasteiger partial charge in [-0.25, -0.2) is 0 Å². The first-order chi connectivity index (χ1) is 9.20. The summed E-state index contributed by atoms with van der Waals surface area (Å²) in [6.07, 6.45) is 0.849. The largest absolute Gasteiger partial charge is 0.251 e. The van der Waals surface area contributed by atoms with Crippen molar-refractivity contribution in [1.29, 1.82) is 5.26 Å². The standard InChI is InChI=1S/C17H18N2/c1-13(2)11-15(12-18)17-10-6-9-16(19-17)14-7-4-3-5-8-14/h3-10,13,15H,11H2,1-2H3. The minimum absolute atomic E-state index is 0.122. The van der Waals surface area contributed by atoms with E-state index in [1.54, 1.807) is 0 Å². The number of rotatable bonds is 4. The Balaban J connectivity index is 2.32. The molecule has 19 heavy (non-hydrogen) atoms. The molecule has 0 N–H and O–H groups in total. The number of hydrogen-bond acceptors (Lipinski definition) is 2. The highest BCUT2D eigenvalue weighted by Crippen LogP contribution is 2.24. The van der Waals surface area contributed by atoms with Crippen LogP contribution < -0.4 is 0 Å². The summed E-state index contributed by atoms with van der Waals surface area (Å²) < 4.78 is 0. The molecule has 1 aromatic heterocycles. The van der Waals surface area contributed by atoms with E-state index in [9.17, 15) is 5.26 Å². The topological polar surface area (TPSA) is 36.7 Å². The maximum Gasteiger partial charge on any atom is 0.0887 e. The van der Waals surface area contributed by atoms with Gasteiger partial charge in [0.2, 0.25) is 0 Å². The minimum Gasteiger partial charge on any atom is -0.251 e. The zero-order chi connectivity index (χ0) is 13.7. The second kappa shape index (κ2) is 6.15. The van der Waals surface area contributed by atoms with Crippen molar-refractivity contribution in [3.05, 3.63) is 54.2 Å². The molecule has 0 bridgehead atoms. The molecule has 2 rings (SSSR count). The van der Waals surface area contributed by atoms with Gasteiger partial charge in [0.15, 0.2) is 0 Å². The molecule has 0 aliphatic carbocycles. The number of nitriles is 1. The van der Waals surface area contributed by atoms with Crippen LogP contribution in [0.15, 0.2) is 48.5 Å². The molecule has 0 amide bonds. The third-order valence-corrected chi connectivity index (χ3v) is 3.06. The van der Waals surface area contributed by atoms with Gasteiger partial charge in [0.25, 0.3) is 0 Å². The van der Waals surface area contributed by atoms with Crippen LogP contribution in [0.2, 0.25) is 0 Å². The van der Waals surface area contributed by atoms with Crippen molar-refractivity contribution in [1.82, 2.24) is 4.98 Å². The highest BCUT2D eigenvalue weighted by molar-refractivity contribution is 5.58. The Hall–Kier alpha value is -2.14. The van der Waals surface area contributed by atoms with Crippen molar-refractivity contribution in [2.24, 2.45) is 5.92 Å². The van der Waals surface area contributed by atoms with E-state index in [1.807, 2.05) is 48.5 Å². The molecular formula is C17H18N2. The van der Waals surface area contributed by atoms with Crippen LogP contribution in [0.5, 0.6) is 0 Å². The van der Waals surface area contributed by atoms with Gasteiger partial charge in [0.1, 0.15) is 0 Å². The van der Waals surface area contributed by atoms with Crippen molar-refractivity contribution in [2.75, 3.05) is 0 Å². The summed E-state index contributed by atoms with van der Waals surface area (Å²) in [4.78, 5) is 4.64. The Bertz CT molecular complexity index is 567. The van der Waals surface area contributed by atoms with Crippen molar-refractivity contribution < 1.29 is 0 Å². The van der Waals surface area contributed by atoms with Crippen LogP contribution in [-0.2, 0) is 0 Å². The molecule has 1 unspecified atom stereocenters. The predicted molar refractivity (Wildman–Crippen MR) is 77.5 cm³/mol. The molecule has 0 radical (unpaired) electrons. The molecule has 0 spiro atoms. The Morgan fingerprint density at radius 3 is 2.42 bits per heavy atom. The number of aromatic nitrogens is 1. The van der Waals surface area contributed by atoms with E-state index in [2.05, 4.69) is 24.9 Å². The van der Waals surface area contributed by atoms with Crippen molar-refractivity contribution >= 4 is 0 Å². The fourth-order valence-corrected chi connectivity index (χ4v) is 2.13. The van der Waals surface area contributed by atoms with Gasteiger partial charge in [-0.15, -0.1) is 0 Å². The average Bonchev–Trinajstić information content (AvgIpc) is 2.45.